The molecule has 1 aromatic heterocycles. The fourth-order valence-corrected chi connectivity index (χ4v) is 2.67. The number of halogens is 12. The van der Waals surface area contributed by atoms with Gasteiger partial charge in [0.1, 0.15) is 9.21 Å². The van der Waals surface area contributed by atoms with E-state index in [9.17, 15) is 48.7 Å². The van der Waals surface area contributed by atoms with Gasteiger partial charge in [-0.05, 0) is 44.0 Å². The fraction of sp³-hybridized carbons (Fsp3) is 0.500. The Kier molecular flexibility index (Phi) is 6.24. The summed E-state index contributed by atoms with van der Waals surface area (Å²) in [4.78, 5) is 15.0. The predicted molar refractivity (Wildman–Crippen MR) is 78.7 cm³/mol. The summed E-state index contributed by atoms with van der Waals surface area (Å²) in [6.07, 6.45) is 0. The van der Waals surface area contributed by atoms with Gasteiger partial charge >= 0.3 is 35.5 Å². The van der Waals surface area contributed by atoms with Crippen LogP contribution in [0, 0.1) is 0 Å². The molecule has 154 valence electrons. The van der Waals surface area contributed by atoms with Crippen molar-refractivity contribution in [1.82, 2.24) is 4.98 Å². The molecule has 1 amide bonds. The lowest BCUT2D eigenvalue weighted by Crippen LogP contribution is -2.68. The maximum absolute atomic E-state index is 13.6. The second kappa shape index (κ2) is 7.04. The molecule has 1 heterocycles. The third-order valence-electron chi connectivity index (χ3n) is 3.04. The van der Waals surface area contributed by atoms with Gasteiger partial charge < -0.3 is 5.32 Å². The maximum atomic E-state index is 13.6. The van der Waals surface area contributed by atoms with Gasteiger partial charge in [0, 0.05) is 12.6 Å². The lowest BCUT2D eigenvalue weighted by atomic mass is 9.94. The van der Waals surface area contributed by atoms with Crippen LogP contribution in [0.25, 0.3) is 0 Å². The number of amides is 1. The highest BCUT2D eigenvalue weighted by atomic mass is 79.9. The van der Waals surface area contributed by atoms with Crippen molar-refractivity contribution in [3.05, 3.63) is 21.3 Å². The molecule has 1 rings (SSSR count). The van der Waals surface area contributed by atoms with Crippen molar-refractivity contribution in [2.45, 2.75) is 36.5 Å². The van der Waals surface area contributed by atoms with E-state index in [-0.39, 0.29) is 9.21 Å². The Balaban J connectivity index is 3.31. The van der Waals surface area contributed by atoms with Crippen LogP contribution in [0.3, 0.4) is 0 Å². The average molecular weight is 544 g/mol. The van der Waals surface area contributed by atoms with Crippen LogP contribution in [-0.2, 0) is 4.79 Å². The van der Waals surface area contributed by atoms with E-state index < -0.39 is 48.1 Å². The molecule has 0 unspecified atom stereocenters. The number of aromatic nitrogens is 1. The van der Waals surface area contributed by atoms with Crippen molar-refractivity contribution < 1.29 is 48.7 Å². The van der Waals surface area contributed by atoms with E-state index in [1.165, 1.54) is 0 Å². The third kappa shape index (κ3) is 4.03. The minimum atomic E-state index is -7.28. The summed E-state index contributed by atoms with van der Waals surface area (Å²) in [6.45, 7) is -0.860. The third-order valence-corrected chi connectivity index (χ3v) is 3.85. The summed E-state index contributed by atoms with van der Waals surface area (Å²) in [5, 5.41) is 1.10. The van der Waals surface area contributed by atoms with Crippen molar-refractivity contribution in [1.29, 1.82) is 0 Å². The highest BCUT2D eigenvalue weighted by Gasteiger charge is 2.86. The molecule has 0 aromatic carbocycles. The molecular formula is C12H6Br2F10N2O. The summed E-state index contributed by atoms with van der Waals surface area (Å²) in [7, 11) is 0. The fourth-order valence-electron chi connectivity index (χ4n) is 1.56. The van der Waals surface area contributed by atoms with Crippen molar-refractivity contribution >= 4 is 43.5 Å². The minimum absolute atomic E-state index is 0.121. The van der Waals surface area contributed by atoms with Gasteiger partial charge in [-0.2, -0.15) is 43.9 Å². The van der Waals surface area contributed by atoms with Crippen LogP contribution in [0.5, 0.6) is 0 Å². The van der Waals surface area contributed by atoms with Crippen LogP contribution in [0.15, 0.2) is 21.3 Å². The number of carbonyl (C=O) groups is 1. The van der Waals surface area contributed by atoms with Gasteiger partial charge in [-0.1, -0.05) is 0 Å². The molecule has 0 aliphatic carbocycles. The van der Waals surface area contributed by atoms with E-state index in [1.807, 2.05) is 0 Å². The van der Waals surface area contributed by atoms with E-state index in [1.54, 1.807) is 0 Å². The van der Waals surface area contributed by atoms with Crippen LogP contribution in [0.2, 0.25) is 0 Å². The molecule has 0 atom stereocenters. The number of pyridine rings is 1. The Morgan fingerprint density at radius 3 is 1.63 bits per heavy atom. The first kappa shape index (κ1) is 23.9. The van der Waals surface area contributed by atoms with Gasteiger partial charge in [0.25, 0.3) is 0 Å². The molecule has 0 saturated carbocycles. The van der Waals surface area contributed by atoms with Crippen molar-refractivity contribution in [2.75, 3.05) is 5.32 Å². The van der Waals surface area contributed by atoms with E-state index >= 15 is 0 Å². The zero-order valence-electron chi connectivity index (χ0n) is 12.5. The molecular weight excluding hydrogens is 538 g/mol. The highest BCUT2D eigenvalue weighted by Crippen LogP contribution is 2.57. The molecule has 15 heteroatoms. The highest BCUT2D eigenvalue weighted by molar-refractivity contribution is 9.11. The van der Waals surface area contributed by atoms with Gasteiger partial charge in [-0.15, -0.1) is 0 Å². The molecule has 0 spiro atoms. The van der Waals surface area contributed by atoms with Crippen LogP contribution < -0.4 is 5.32 Å². The van der Waals surface area contributed by atoms with E-state index in [4.69, 9.17) is 0 Å². The molecule has 0 saturated heterocycles. The number of hydrogen-bond acceptors (Lipinski definition) is 2. The first-order chi connectivity index (χ1) is 11.8. The summed E-state index contributed by atoms with van der Waals surface area (Å²) in [5.41, 5.74) is -0.667. The molecule has 0 radical (unpaired) electrons. The first-order valence-corrected chi connectivity index (χ1v) is 7.91. The number of nitrogens with one attached hydrogen (secondary N) is 1. The van der Waals surface area contributed by atoms with Gasteiger partial charge in [0.2, 0.25) is 0 Å². The molecule has 0 aliphatic rings. The zero-order chi connectivity index (χ0) is 21.6. The summed E-state index contributed by atoms with van der Waals surface area (Å²) in [5.74, 6) is -36.8. The lowest BCUT2D eigenvalue weighted by Gasteiger charge is -2.37. The van der Waals surface area contributed by atoms with Crippen molar-refractivity contribution in [3.8, 4) is 0 Å². The molecule has 0 fully saturated rings. The zero-order valence-corrected chi connectivity index (χ0v) is 15.7. The predicted octanol–water partition coefficient (Wildman–Crippen LogP) is 5.74. The quantitative estimate of drug-likeness (QED) is 0.367. The minimum Gasteiger partial charge on any atom is -0.320 e. The Hall–Kier alpha value is -1.12. The van der Waals surface area contributed by atoms with Gasteiger partial charge in [-0.3, -0.25) is 4.79 Å². The maximum Gasteiger partial charge on any atom is 0.393 e. The molecule has 3 nitrogen and oxygen atoms in total. The van der Waals surface area contributed by atoms with E-state index in [2.05, 4.69) is 36.8 Å². The Bertz CT molecular complexity index is 715. The van der Waals surface area contributed by atoms with Gasteiger partial charge in [-0.25, -0.2) is 4.98 Å². The van der Waals surface area contributed by atoms with Crippen LogP contribution in [0.1, 0.15) is 6.92 Å². The molecule has 27 heavy (non-hydrogen) atoms. The van der Waals surface area contributed by atoms with Crippen molar-refractivity contribution in [2.24, 2.45) is 0 Å². The molecule has 0 bridgehead atoms. The van der Waals surface area contributed by atoms with E-state index in [0.29, 0.717) is 0 Å². The van der Waals surface area contributed by atoms with Crippen LogP contribution in [-0.4, -0.2) is 40.5 Å². The summed E-state index contributed by atoms with van der Waals surface area (Å²) in [6, 6.07) is 1.56. The monoisotopic (exact) mass is 542 g/mol. The SMILES string of the molecule is CC(F)(F)C(F)(F)C(F)(F)C(F)(F)C(F)(F)C(=O)Nc1cc(Br)nc(Br)c1. The second-order valence-electron chi connectivity index (χ2n) is 5.14. The van der Waals surface area contributed by atoms with Gasteiger partial charge in [0.15, 0.2) is 0 Å². The number of hydrogen-bond donors (Lipinski definition) is 1. The number of alkyl halides is 10. The topological polar surface area (TPSA) is 42.0 Å². The summed E-state index contributed by atoms with van der Waals surface area (Å²) >= 11 is 5.48. The number of anilines is 1. The molecule has 1 aromatic rings. The van der Waals surface area contributed by atoms with Crippen LogP contribution >= 0.6 is 31.9 Å². The lowest BCUT2D eigenvalue weighted by molar-refractivity contribution is -0.391. The Morgan fingerprint density at radius 1 is 0.852 bits per heavy atom. The number of nitrogens with zero attached hydrogens (tertiary/aromatic N) is 1. The second-order valence-corrected chi connectivity index (χ2v) is 6.77. The standard InChI is InChI=1S/C12H6Br2F10N2O/c1-8(15,16)10(19,20)12(23,24)11(21,22)9(17,18)7(27)25-4-2-5(13)26-6(14)3-4/h2-3H,1H3,(H,25,26,27). The Labute approximate surface area is 160 Å². The van der Waals surface area contributed by atoms with Crippen molar-refractivity contribution in [3.63, 3.8) is 0 Å². The van der Waals surface area contributed by atoms with Gasteiger partial charge in [0.05, 0.1) is 0 Å². The summed E-state index contributed by atoms with van der Waals surface area (Å²) < 4.78 is 132. The molecule has 1 N–H and O–H groups in total. The first-order valence-electron chi connectivity index (χ1n) is 6.32. The largest absolute Gasteiger partial charge is 0.393 e. The Morgan fingerprint density at radius 2 is 1.26 bits per heavy atom. The smallest absolute Gasteiger partial charge is 0.320 e. The van der Waals surface area contributed by atoms with E-state index in [0.717, 1.165) is 17.4 Å². The van der Waals surface area contributed by atoms with Crippen LogP contribution in [0.4, 0.5) is 49.6 Å². The molecule has 0 aliphatic heterocycles. The average Bonchev–Trinajstić information content (AvgIpc) is 2.44. The number of rotatable bonds is 6. The normalized spacial score (nSPS) is 14.3. The number of carbonyl (C=O) groups excluding carboxylic acids is 1.